The molecule has 0 N–H and O–H groups in total. The molecule has 1 aromatic carbocycles. The lowest BCUT2D eigenvalue weighted by molar-refractivity contribution is -0.385. The average Bonchev–Trinajstić information content (AvgIpc) is 2.46. The van der Waals surface area contributed by atoms with Crippen LogP contribution < -0.4 is 0 Å². The van der Waals surface area contributed by atoms with Crippen LogP contribution in [0.5, 0.6) is 0 Å². The van der Waals surface area contributed by atoms with Crippen LogP contribution >= 0.6 is 7.37 Å². The number of nitrogens with zero attached hydrogens (tertiary/aromatic N) is 1. The highest BCUT2D eigenvalue weighted by molar-refractivity contribution is 7.58. The lowest BCUT2D eigenvalue weighted by atomic mass is 10.1. The van der Waals surface area contributed by atoms with Crippen molar-refractivity contribution in [2.24, 2.45) is 0 Å². The first-order valence-electron chi connectivity index (χ1n) is 6.28. The zero-order chi connectivity index (χ0) is 17.2. The number of nitro groups is 1. The van der Waals surface area contributed by atoms with E-state index in [2.05, 4.69) is 4.52 Å². The van der Waals surface area contributed by atoms with Crippen LogP contribution in [-0.4, -0.2) is 23.4 Å². The standard InChI is InChI=1S/C12H14F4NO4P/c1-3-22(20,4-2)21-12(15,16)11(13,14)9-6-5-7-10(8-9)17(18)19/h5-8H,3-4H2,1-2H3. The van der Waals surface area contributed by atoms with Gasteiger partial charge in [0.25, 0.3) is 5.69 Å². The Kier molecular flexibility index (Phi) is 5.35. The van der Waals surface area contributed by atoms with Gasteiger partial charge in [-0.05, 0) is 0 Å². The maximum Gasteiger partial charge on any atom is 0.429 e. The SMILES string of the molecule is CCP(=O)(CC)OC(F)(F)C(F)(F)c1cccc([N+](=O)[O-])c1. The number of rotatable bonds is 7. The van der Waals surface area contributed by atoms with Crippen molar-refractivity contribution < 1.29 is 31.6 Å². The van der Waals surface area contributed by atoms with Gasteiger partial charge in [0.2, 0.25) is 7.37 Å². The molecule has 0 radical (unpaired) electrons. The van der Waals surface area contributed by atoms with Crippen LogP contribution in [0.15, 0.2) is 24.3 Å². The van der Waals surface area contributed by atoms with Crippen LogP contribution in [0.4, 0.5) is 23.2 Å². The van der Waals surface area contributed by atoms with E-state index in [1.807, 2.05) is 0 Å². The van der Waals surface area contributed by atoms with Crippen molar-refractivity contribution in [3.63, 3.8) is 0 Å². The fourth-order valence-corrected chi connectivity index (χ4v) is 2.84. The van der Waals surface area contributed by atoms with Crippen LogP contribution in [0, 0.1) is 10.1 Å². The summed E-state index contributed by atoms with van der Waals surface area (Å²) in [4.78, 5) is 9.56. The number of alkyl halides is 4. The van der Waals surface area contributed by atoms with Crippen molar-refractivity contribution in [3.8, 4) is 0 Å². The maximum absolute atomic E-state index is 14.0. The first kappa shape index (κ1) is 18.6. The normalized spacial score (nSPS) is 13.2. The molecule has 0 heterocycles. The highest BCUT2D eigenvalue weighted by Crippen LogP contribution is 2.56. The summed E-state index contributed by atoms with van der Waals surface area (Å²) in [5.74, 6) is -4.86. The Hall–Kier alpha value is -1.47. The van der Waals surface area contributed by atoms with Crippen molar-refractivity contribution in [1.29, 1.82) is 0 Å². The molecule has 0 saturated carbocycles. The summed E-state index contributed by atoms with van der Waals surface area (Å²) >= 11 is 0. The highest BCUT2D eigenvalue weighted by Gasteiger charge is 2.61. The van der Waals surface area contributed by atoms with Crippen LogP contribution in [0.3, 0.4) is 0 Å². The minimum atomic E-state index is -5.05. The van der Waals surface area contributed by atoms with E-state index in [1.165, 1.54) is 13.8 Å². The number of nitro benzene ring substituents is 1. The fraction of sp³-hybridized carbons (Fsp3) is 0.500. The topological polar surface area (TPSA) is 69.4 Å². The zero-order valence-electron chi connectivity index (χ0n) is 11.8. The number of non-ortho nitro benzene ring substituents is 1. The molecule has 0 atom stereocenters. The Labute approximate surface area is 123 Å². The molecule has 124 valence electrons. The van der Waals surface area contributed by atoms with Gasteiger partial charge in [0.05, 0.1) is 4.92 Å². The number of halogens is 4. The Morgan fingerprint density at radius 3 is 2.23 bits per heavy atom. The molecule has 0 spiro atoms. The number of hydrogen-bond donors (Lipinski definition) is 0. The van der Waals surface area contributed by atoms with Crippen LogP contribution in [0.2, 0.25) is 0 Å². The van der Waals surface area contributed by atoms with Gasteiger partial charge in [-0.3, -0.25) is 19.2 Å². The molecule has 0 aromatic heterocycles. The van der Waals surface area contributed by atoms with Crippen LogP contribution in [0.25, 0.3) is 0 Å². The van der Waals surface area contributed by atoms with Crippen molar-refractivity contribution in [2.75, 3.05) is 12.3 Å². The van der Waals surface area contributed by atoms with Gasteiger partial charge in [-0.2, -0.15) is 17.6 Å². The largest absolute Gasteiger partial charge is 0.429 e. The van der Waals surface area contributed by atoms with Crippen LogP contribution in [0.1, 0.15) is 19.4 Å². The smallest absolute Gasteiger partial charge is 0.293 e. The van der Waals surface area contributed by atoms with E-state index in [0.717, 1.165) is 12.1 Å². The van der Waals surface area contributed by atoms with Gasteiger partial charge in [0.15, 0.2) is 0 Å². The fourth-order valence-electron chi connectivity index (χ4n) is 1.60. The van der Waals surface area contributed by atoms with Gasteiger partial charge in [-0.1, -0.05) is 26.0 Å². The monoisotopic (exact) mass is 343 g/mol. The molecule has 0 fully saturated rings. The quantitative estimate of drug-likeness (QED) is 0.314. The molecule has 0 aliphatic carbocycles. The minimum Gasteiger partial charge on any atom is -0.293 e. The van der Waals surface area contributed by atoms with Crippen molar-refractivity contribution in [2.45, 2.75) is 25.9 Å². The Bertz CT molecular complexity index is 601. The predicted octanol–water partition coefficient (Wildman–Crippen LogP) is 4.61. The van der Waals surface area contributed by atoms with Gasteiger partial charge in [-0.15, -0.1) is 0 Å². The van der Waals surface area contributed by atoms with Gasteiger partial charge in [0, 0.05) is 30.0 Å². The lowest BCUT2D eigenvalue weighted by Crippen LogP contribution is -2.40. The molecule has 22 heavy (non-hydrogen) atoms. The first-order valence-corrected chi connectivity index (χ1v) is 8.28. The molecule has 0 aliphatic rings. The molecule has 0 amide bonds. The molecule has 10 heteroatoms. The molecule has 1 aromatic rings. The van der Waals surface area contributed by atoms with Crippen molar-refractivity contribution in [1.82, 2.24) is 0 Å². The molecular weight excluding hydrogens is 329 g/mol. The summed E-state index contributed by atoms with van der Waals surface area (Å²) in [5, 5.41) is 10.5. The number of hydrogen-bond acceptors (Lipinski definition) is 4. The van der Waals surface area contributed by atoms with Gasteiger partial charge >= 0.3 is 12.0 Å². The van der Waals surface area contributed by atoms with E-state index in [-0.39, 0.29) is 12.3 Å². The van der Waals surface area contributed by atoms with E-state index < -0.39 is 35.6 Å². The van der Waals surface area contributed by atoms with Gasteiger partial charge < -0.3 is 0 Å². The first-order chi connectivity index (χ1) is 9.99. The van der Waals surface area contributed by atoms with E-state index in [9.17, 15) is 32.2 Å². The second-order valence-electron chi connectivity index (χ2n) is 4.44. The second kappa shape index (κ2) is 6.34. The molecule has 0 aliphatic heterocycles. The lowest BCUT2D eigenvalue weighted by Gasteiger charge is -2.29. The van der Waals surface area contributed by atoms with E-state index in [1.54, 1.807) is 0 Å². The zero-order valence-corrected chi connectivity index (χ0v) is 12.7. The van der Waals surface area contributed by atoms with Crippen molar-refractivity contribution >= 4 is 13.1 Å². The van der Waals surface area contributed by atoms with Crippen molar-refractivity contribution in [3.05, 3.63) is 39.9 Å². The molecule has 0 saturated heterocycles. The Balaban J connectivity index is 3.23. The average molecular weight is 343 g/mol. The summed E-state index contributed by atoms with van der Waals surface area (Å²) in [6.45, 7) is 2.57. The summed E-state index contributed by atoms with van der Waals surface area (Å²) in [6, 6.07) is 2.70. The number of benzene rings is 1. The third-order valence-corrected chi connectivity index (χ3v) is 5.52. The highest BCUT2D eigenvalue weighted by atomic mass is 31.2. The molecule has 5 nitrogen and oxygen atoms in total. The van der Waals surface area contributed by atoms with Crippen LogP contribution in [-0.2, 0) is 15.0 Å². The Morgan fingerprint density at radius 2 is 1.77 bits per heavy atom. The molecular formula is C12H14F4NO4P. The molecule has 1 rings (SSSR count). The third-order valence-electron chi connectivity index (χ3n) is 3.03. The Morgan fingerprint density at radius 1 is 1.23 bits per heavy atom. The molecule has 0 unspecified atom stereocenters. The van der Waals surface area contributed by atoms with Gasteiger partial charge in [0.1, 0.15) is 0 Å². The summed E-state index contributed by atoms with van der Waals surface area (Å²) in [5.41, 5.74) is -2.05. The van der Waals surface area contributed by atoms with E-state index >= 15 is 0 Å². The minimum absolute atomic E-state index is 0.329. The summed E-state index contributed by atoms with van der Waals surface area (Å²) in [6.07, 6.45) is -5.71. The summed E-state index contributed by atoms with van der Waals surface area (Å²) < 4.78 is 71.3. The third kappa shape index (κ3) is 3.64. The van der Waals surface area contributed by atoms with E-state index in [0.29, 0.717) is 12.1 Å². The predicted molar refractivity (Wildman–Crippen MR) is 71.7 cm³/mol. The van der Waals surface area contributed by atoms with Gasteiger partial charge in [-0.25, -0.2) is 0 Å². The second-order valence-corrected chi connectivity index (χ2v) is 7.51. The maximum atomic E-state index is 14.0. The summed E-state index contributed by atoms with van der Waals surface area (Å²) in [7, 11) is -3.91. The van der Waals surface area contributed by atoms with E-state index in [4.69, 9.17) is 0 Å². The molecule has 0 bridgehead atoms.